The van der Waals surface area contributed by atoms with Gasteiger partial charge in [0.2, 0.25) is 5.91 Å². The second-order valence-electron chi connectivity index (χ2n) is 9.91. The van der Waals surface area contributed by atoms with Crippen molar-refractivity contribution in [1.82, 2.24) is 9.80 Å². The number of hydrogen-bond donors (Lipinski definition) is 0. The van der Waals surface area contributed by atoms with Gasteiger partial charge in [0, 0.05) is 45.6 Å². The van der Waals surface area contributed by atoms with Gasteiger partial charge in [0.25, 0.3) is 0 Å². The molecule has 0 bridgehead atoms. The molecule has 6 atom stereocenters. The molecule has 3 aliphatic heterocycles. The second-order valence-corrected chi connectivity index (χ2v) is 9.91. The van der Waals surface area contributed by atoms with E-state index in [1.807, 2.05) is 4.90 Å². The van der Waals surface area contributed by atoms with Crippen molar-refractivity contribution in [2.45, 2.75) is 57.7 Å². The predicted molar refractivity (Wildman–Crippen MR) is 98.9 cm³/mol. The van der Waals surface area contributed by atoms with Gasteiger partial charge in [-0.25, -0.2) is 0 Å². The molecule has 5 aliphatic rings. The predicted octanol–water partition coefficient (Wildman–Crippen LogP) is 1.68. The number of carbonyl (C=O) groups is 2. The van der Waals surface area contributed by atoms with Crippen LogP contribution in [0.25, 0.3) is 0 Å². The normalized spacial score (nSPS) is 46.7. The van der Waals surface area contributed by atoms with Crippen molar-refractivity contribution in [3.8, 4) is 0 Å². The number of fused-ring (bicyclic) bond motifs is 3. The zero-order chi connectivity index (χ0) is 18.8. The molecule has 2 aliphatic carbocycles. The van der Waals surface area contributed by atoms with E-state index in [0.29, 0.717) is 11.8 Å². The minimum absolute atomic E-state index is 0.00649. The third-order valence-electron chi connectivity index (χ3n) is 8.35. The minimum atomic E-state index is -0.0128. The van der Waals surface area contributed by atoms with Gasteiger partial charge in [-0.05, 0) is 43.4 Å². The standard InChI is InChI=1S/C21H32N2O4/c1-14(24)23-8-6-22(7-9-23)12-16-15-10-18-20(2,11-17(15)27-19(16)25)4-3-5-21(18)13-26-21/h15-18H,3-13H2,1-2H3/t15-,16+,17-,18+,20-,21+/m1/s1. The molecule has 0 aromatic heterocycles. The fourth-order valence-corrected chi connectivity index (χ4v) is 6.69. The van der Waals surface area contributed by atoms with Gasteiger partial charge in [-0.15, -0.1) is 0 Å². The van der Waals surface area contributed by atoms with Crippen LogP contribution in [0, 0.1) is 23.2 Å². The highest BCUT2D eigenvalue weighted by molar-refractivity contribution is 5.76. The Hall–Kier alpha value is -1.14. The van der Waals surface area contributed by atoms with Crippen LogP contribution < -0.4 is 0 Å². The number of hydrogen-bond acceptors (Lipinski definition) is 5. The first-order valence-electron chi connectivity index (χ1n) is 10.7. The van der Waals surface area contributed by atoms with Crippen LogP contribution in [0.1, 0.15) is 46.0 Å². The lowest BCUT2D eigenvalue weighted by atomic mass is 9.53. The van der Waals surface area contributed by atoms with Crippen LogP contribution in [0.2, 0.25) is 0 Å². The third kappa shape index (κ3) is 2.91. The SMILES string of the molecule is CC(=O)N1CCN(C[C@@H]2C(=O)O[C@@H]3C[C@@]4(C)CCC[C@]5(CO5)[C@H]4C[C@H]23)CC1. The van der Waals surface area contributed by atoms with Crippen LogP contribution in [0.3, 0.4) is 0 Å². The Balaban J connectivity index is 1.28. The first-order chi connectivity index (χ1) is 12.9. The van der Waals surface area contributed by atoms with E-state index < -0.39 is 0 Å². The molecule has 6 nitrogen and oxygen atoms in total. The molecule has 5 rings (SSSR count). The molecular formula is C21H32N2O4. The molecule has 6 heteroatoms. The first-order valence-corrected chi connectivity index (χ1v) is 10.7. The number of piperazine rings is 1. The molecule has 0 radical (unpaired) electrons. The molecule has 0 unspecified atom stereocenters. The van der Waals surface area contributed by atoms with Crippen molar-refractivity contribution in [3.63, 3.8) is 0 Å². The van der Waals surface area contributed by atoms with Gasteiger partial charge >= 0.3 is 5.97 Å². The summed E-state index contributed by atoms with van der Waals surface area (Å²) in [6.07, 6.45) is 5.84. The van der Waals surface area contributed by atoms with Crippen LogP contribution in [-0.2, 0) is 19.1 Å². The lowest BCUT2D eigenvalue weighted by Crippen LogP contribution is -2.52. The van der Waals surface area contributed by atoms with Crippen LogP contribution in [0.5, 0.6) is 0 Å². The van der Waals surface area contributed by atoms with E-state index >= 15 is 0 Å². The first kappa shape index (κ1) is 17.9. The second kappa shape index (κ2) is 6.18. The van der Waals surface area contributed by atoms with Crippen LogP contribution >= 0.6 is 0 Å². The summed E-state index contributed by atoms with van der Waals surface area (Å²) in [5.74, 6) is 1.05. The highest BCUT2D eigenvalue weighted by Gasteiger charge is 2.65. The van der Waals surface area contributed by atoms with Crippen LogP contribution in [0.15, 0.2) is 0 Å². The van der Waals surface area contributed by atoms with Crippen molar-refractivity contribution >= 4 is 11.9 Å². The summed E-state index contributed by atoms with van der Waals surface area (Å²) in [5.41, 5.74) is 0.374. The quantitative estimate of drug-likeness (QED) is 0.542. The minimum Gasteiger partial charge on any atom is -0.462 e. The zero-order valence-electron chi connectivity index (χ0n) is 16.6. The Morgan fingerprint density at radius 1 is 1.22 bits per heavy atom. The average molecular weight is 376 g/mol. The van der Waals surface area contributed by atoms with Crippen molar-refractivity contribution in [1.29, 1.82) is 0 Å². The van der Waals surface area contributed by atoms with Crippen molar-refractivity contribution in [2.75, 3.05) is 39.3 Å². The van der Waals surface area contributed by atoms with E-state index in [4.69, 9.17) is 9.47 Å². The molecule has 1 amide bonds. The molecule has 2 saturated carbocycles. The lowest BCUT2D eigenvalue weighted by Gasteiger charge is -2.51. The molecule has 5 fully saturated rings. The Kier molecular flexibility index (Phi) is 4.10. The van der Waals surface area contributed by atoms with Crippen molar-refractivity contribution < 1.29 is 19.1 Å². The maximum Gasteiger partial charge on any atom is 0.310 e. The smallest absolute Gasteiger partial charge is 0.310 e. The van der Waals surface area contributed by atoms with Crippen molar-refractivity contribution in [2.24, 2.45) is 23.2 Å². The van der Waals surface area contributed by atoms with Crippen LogP contribution in [0.4, 0.5) is 0 Å². The van der Waals surface area contributed by atoms with Gasteiger partial charge in [-0.3, -0.25) is 14.5 Å². The number of esters is 1. The summed E-state index contributed by atoms with van der Waals surface area (Å²) in [6, 6.07) is 0. The Morgan fingerprint density at radius 3 is 2.63 bits per heavy atom. The lowest BCUT2D eigenvalue weighted by molar-refractivity contribution is -0.147. The molecule has 3 heterocycles. The van der Waals surface area contributed by atoms with Crippen LogP contribution in [-0.4, -0.2) is 72.7 Å². The van der Waals surface area contributed by atoms with Gasteiger partial charge < -0.3 is 14.4 Å². The summed E-state index contributed by atoms with van der Waals surface area (Å²) < 4.78 is 11.9. The fraction of sp³-hybridized carbons (Fsp3) is 0.905. The van der Waals surface area contributed by atoms with E-state index in [0.717, 1.165) is 52.2 Å². The maximum atomic E-state index is 12.7. The van der Waals surface area contributed by atoms with Gasteiger partial charge in [-0.2, -0.15) is 0 Å². The molecule has 1 spiro atoms. The third-order valence-corrected chi connectivity index (χ3v) is 8.35. The van der Waals surface area contributed by atoms with Gasteiger partial charge in [0.15, 0.2) is 0 Å². The van der Waals surface area contributed by atoms with E-state index in [2.05, 4.69) is 11.8 Å². The molecule has 0 aromatic rings. The highest BCUT2D eigenvalue weighted by Crippen LogP contribution is 2.62. The summed E-state index contributed by atoms with van der Waals surface area (Å²) >= 11 is 0. The van der Waals surface area contributed by atoms with Crippen molar-refractivity contribution in [3.05, 3.63) is 0 Å². The van der Waals surface area contributed by atoms with E-state index in [1.165, 1.54) is 19.3 Å². The summed E-state index contributed by atoms with van der Waals surface area (Å²) in [5, 5.41) is 0. The van der Waals surface area contributed by atoms with Gasteiger partial charge in [-0.1, -0.05) is 6.92 Å². The molecule has 0 N–H and O–H groups in total. The fourth-order valence-electron chi connectivity index (χ4n) is 6.69. The number of carbonyl (C=O) groups excluding carboxylic acids is 2. The average Bonchev–Trinajstić information content (AvgIpc) is 3.33. The van der Waals surface area contributed by atoms with E-state index in [1.54, 1.807) is 6.92 Å². The summed E-state index contributed by atoms with van der Waals surface area (Å²) in [6.45, 7) is 8.97. The number of amides is 1. The Bertz CT molecular complexity index is 640. The Labute approximate surface area is 161 Å². The highest BCUT2D eigenvalue weighted by atomic mass is 16.6. The topological polar surface area (TPSA) is 62.4 Å². The summed E-state index contributed by atoms with van der Waals surface area (Å²) in [4.78, 5) is 28.5. The number of rotatable bonds is 2. The molecule has 0 aromatic carbocycles. The largest absolute Gasteiger partial charge is 0.462 e. The zero-order valence-corrected chi connectivity index (χ0v) is 16.6. The van der Waals surface area contributed by atoms with E-state index in [-0.39, 0.29) is 34.9 Å². The number of ether oxygens (including phenoxy) is 2. The Morgan fingerprint density at radius 2 is 1.96 bits per heavy atom. The molecule has 3 saturated heterocycles. The number of nitrogens with zero attached hydrogens (tertiary/aromatic N) is 2. The summed E-state index contributed by atoms with van der Waals surface area (Å²) in [7, 11) is 0. The monoisotopic (exact) mass is 376 g/mol. The molecule has 27 heavy (non-hydrogen) atoms. The molecule has 150 valence electrons. The maximum absolute atomic E-state index is 12.7. The van der Waals surface area contributed by atoms with Gasteiger partial charge in [0.1, 0.15) is 6.10 Å². The number of epoxide rings is 1. The molecular weight excluding hydrogens is 344 g/mol. The van der Waals surface area contributed by atoms with E-state index in [9.17, 15) is 9.59 Å². The van der Waals surface area contributed by atoms with Gasteiger partial charge in [0.05, 0.1) is 18.1 Å².